The monoisotopic (exact) mass is 206 g/mol. The number of hydrogen-bond acceptors (Lipinski definition) is 3. The van der Waals surface area contributed by atoms with Gasteiger partial charge in [-0.3, -0.25) is 4.79 Å². The van der Waals surface area contributed by atoms with Gasteiger partial charge in [-0.25, -0.2) is 0 Å². The lowest BCUT2D eigenvalue weighted by molar-refractivity contribution is -0.120. The van der Waals surface area contributed by atoms with Gasteiger partial charge in [0.25, 0.3) is 0 Å². The molecule has 15 heavy (non-hydrogen) atoms. The fourth-order valence-corrected chi connectivity index (χ4v) is 1.89. The maximum Gasteiger partial charge on any atom is 0.168 e. The molecule has 3 heteroatoms. The average Bonchev–Trinajstić information content (AvgIpc) is 2.68. The lowest BCUT2D eigenvalue weighted by Crippen LogP contribution is -2.35. The molecule has 1 aliphatic heterocycles. The van der Waals surface area contributed by atoms with Crippen molar-refractivity contribution < 1.29 is 14.3 Å². The molecule has 1 aromatic rings. The summed E-state index contributed by atoms with van der Waals surface area (Å²) in [6, 6.07) is 5.73. The van der Waals surface area contributed by atoms with Crippen molar-refractivity contribution in [3.05, 3.63) is 23.8 Å². The van der Waals surface area contributed by atoms with Crippen molar-refractivity contribution in [2.24, 2.45) is 0 Å². The summed E-state index contributed by atoms with van der Waals surface area (Å²) in [5.41, 5.74) is 0.361. The molecular weight excluding hydrogens is 192 g/mol. The van der Waals surface area contributed by atoms with Crippen molar-refractivity contribution in [3.63, 3.8) is 0 Å². The van der Waals surface area contributed by atoms with Crippen LogP contribution in [0.25, 0.3) is 0 Å². The van der Waals surface area contributed by atoms with Gasteiger partial charge in [0.05, 0.1) is 7.11 Å². The van der Waals surface area contributed by atoms with Crippen molar-refractivity contribution in [2.75, 3.05) is 7.11 Å². The number of fused-ring (bicyclic) bond motifs is 1. The fraction of sp³-hybridized carbons (Fsp3) is 0.417. The highest BCUT2D eigenvalue weighted by Crippen LogP contribution is 2.42. The number of rotatable bonds is 3. The van der Waals surface area contributed by atoms with Gasteiger partial charge >= 0.3 is 0 Å². The van der Waals surface area contributed by atoms with E-state index < -0.39 is 5.60 Å². The molecular formula is C12H14O3. The third kappa shape index (κ3) is 1.48. The molecule has 1 atom stereocenters. The maximum atomic E-state index is 11.1. The Hall–Kier alpha value is -1.51. The number of ether oxygens (including phenoxy) is 2. The third-order valence-electron chi connectivity index (χ3n) is 2.89. The van der Waals surface area contributed by atoms with Crippen LogP contribution < -0.4 is 9.47 Å². The van der Waals surface area contributed by atoms with Gasteiger partial charge < -0.3 is 9.47 Å². The molecule has 0 bridgehead atoms. The number of para-hydroxylation sites is 1. The van der Waals surface area contributed by atoms with Crippen LogP contribution in [0.15, 0.2) is 18.2 Å². The zero-order valence-electron chi connectivity index (χ0n) is 8.95. The summed E-state index contributed by atoms with van der Waals surface area (Å²) in [7, 11) is 1.60. The summed E-state index contributed by atoms with van der Waals surface area (Å²) >= 11 is 0. The van der Waals surface area contributed by atoms with Gasteiger partial charge in [-0.05, 0) is 12.5 Å². The van der Waals surface area contributed by atoms with Crippen LogP contribution in [-0.2, 0) is 11.2 Å². The van der Waals surface area contributed by atoms with Crippen molar-refractivity contribution in [1.29, 1.82) is 0 Å². The minimum absolute atomic E-state index is 0.638. The van der Waals surface area contributed by atoms with Gasteiger partial charge in [0.1, 0.15) is 0 Å². The van der Waals surface area contributed by atoms with E-state index in [0.717, 1.165) is 11.8 Å². The highest BCUT2D eigenvalue weighted by molar-refractivity contribution is 5.68. The highest BCUT2D eigenvalue weighted by Gasteiger charge is 2.39. The van der Waals surface area contributed by atoms with Gasteiger partial charge in [-0.15, -0.1) is 0 Å². The molecule has 0 saturated carbocycles. The van der Waals surface area contributed by atoms with E-state index in [4.69, 9.17) is 9.47 Å². The molecule has 1 unspecified atom stereocenters. The Kier molecular flexibility index (Phi) is 2.39. The van der Waals surface area contributed by atoms with Crippen molar-refractivity contribution >= 4 is 6.29 Å². The predicted octanol–water partition coefficient (Wildman–Crippen LogP) is 1.98. The Morgan fingerprint density at radius 3 is 3.00 bits per heavy atom. The van der Waals surface area contributed by atoms with Crippen molar-refractivity contribution in [2.45, 2.75) is 25.4 Å². The number of hydrogen-bond donors (Lipinski definition) is 0. The Morgan fingerprint density at radius 2 is 2.40 bits per heavy atom. The lowest BCUT2D eigenvalue weighted by atomic mass is 9.96. The zero-order chi connectivity index (χ0) is 10.9. The Labute approximate surface area is 89.0 Å². The van der Waals surface area contributed by atoms with Crippen LogP contribution in [0.1, 0.15) is 18.9 Å². The van der Waals surface area contributed by atoms with Gasteiger partial charge in [0, 0.05) is 12.0 Å². The summed E-state index contributed by atoms with van der Waals surface area (Å²) < 4.78 is 10.9. The van der Waals surface area contributed by atoms with Gasteiger partial charge in [-0.2, -0.15) is 0 Å². The second-order valence-corrected chi connectivity index (χ2v) is 3.76. The smallest absolute Gasteiger partial charge is 0.168 e. The number of aldehydes is 1. The molecule has 0 saturated heterocycles. The topological polar surface area (TPSA) is 35.5 Å². The van der Waals surface area contributed by atoms with Crippen LogP contribution in [0.5, 0.6) is 11.5 Å². The Morgan fingerprint density at radius 1 is 1.60 bits per heavy atom. The van der Waals surface area contributed by atoms with E-state index in [9.17, 15) is 4.79 Å². The Balaban J connectivity index is 2.41. The maximum absolute atomic E-state index is 11.1. The van der Waals surface area contributed by atoms with Crippen LogP contribution in [-0.4, -0.2) is 19.0 Å². The largest absolute Gasteiger partial charge is 0.493 e. The molecule has 80 valence electrons. The second-order valence-electron chi connectivity index (χ2n) is 3.76. The standard InChI is InChI=1S/C12H14O3/c1-3-12(8-13)7-9-5-4-6-10(14-2)11(9)15-12/h4-6,8H,3,7H2,1-2H3. The van der Waals surface area contributed by atoms with E-state index in [0.29, 0.717) is 24.3 Å². The normalized spacial score (nSPS) is 23.1. The van der Waals surface area contributed by atoms with Gasteiger partial charge in [0.2, 0.25) is 0 Å². The first-order chi connectivity index (χ1) is 7.24. The van der Waals surface area contributed by atoms with Gasteiger partial charge in [0.15, 0.2) is 23.4 Å². The molecule has 0 amide bonds. The molecule has 1 aliphatic rings. The average molecular weight is 206 g/mol. The predicted molar refractivity (Wildman–Crippen MR) is 56.4 cm³/mol. The lowest BCUT2D eigenvalue weighted by Gasteiger charge is -2.20. The number of carbonyl (C=O) groups excluding carboxylic acids is 1. The number of methoxy groups -OCH3 is 1. The molecule has 1 heterocycles. The molecule has 3 nitrogen and oxygen atoms in total. The van der Waals surface area contributed by atoms with Crippen LogP contribution in [0.4, 0.5) is 0 Å². The minimum atomic E-state index is -0.684. The minimum Gasteiger partial charge on any atom is -0.493 e. The van der Waals surface area contributed by atoms with E-state index in [-0.39, 0.29) is 0 Å². The highest BCUT2D eigenvalue weighted by atomic mass is 16.5. The van der Waals surface area contributed by atoms with Crippen molar-refractivity contribution in [1.82, 2.24) is 0 Å². The second kappa shape index (κ2) is 3.57. The van der Waals surface area contributed by atoms with Crippen molar-refractivity contribution in [3.8, 4) is 11.5 Å². The van der Waals surface area contributed by atoms with Crippen LogP contribution >= 0.6 is 0 Å². The van der Waals surface area contributed by atoms with E-state index in [1.807, 2.05) is 25.1 Å². The first kappa shape index (κ1) is 10.0. The van der Waals surface area contributed by atoms with Gasteiger partial charge in [-0.1, -0.05) is 19.1 Å². The molecule has 0 aliphatic carbocycles. The molecule has 2 rings (SSSR count). The molecule has 0 fully saturated rings. The first-order valence-electron chi connectivity index (χ1n) is 5.06. The van der Waals surface area contributed by atoms with E-state index in [1.54, 1.807) is 7.11 Å². The quantitative estimate of drug-likeness (QED) is 0.709. The summed E-state index contributed by atoms with van der Waals surface area (Å²) in [4.78, 5) is 11.1. The molecule has 0 radical (unpaired) electrons. The fourth-order valence-electron chi connectivity index (χ4n) is 1.89. The van der Waals surface area contributed by atoms with Crippen LogP contribution in [0, 0.1) is 0 Å². The number of benzene rings is 1. The van der Waals surface area contributed by atoms with Crippen LogP contribution in [0.2, 0.25) is 0 Å². The molecule has 0 spiro atoms. The third-order valence-corrected chi connectivity index (χ3v) is 2.89. The zero-order valence-corrected chi connectivity index (χ0v) is 8.95. The van der Waals surface area contributed by atoms with E-state index in [1.165, 1.54) is 0 Å². The molecule has 1 aromatic carbocycles. The van der Waals surface area contributed by atoms with Crippen LogP contribution in [0.3, 0.4) is 0 Å². The van der Waals surface area contributed by atoms with E-state index >= 15 is 0 Å². The molecule has 0 N–H and O–H groups in total. The summed E-state index contributed by atoms with van der Waals surface area (Å²) in [6.45, 7) is 1.95. The Bertz CT molecular complexity index is 386. The first-order valence-corrected chi connectivity index (χ1v) is 5.06. The summed E-state index contributed by atoms with van der Waals surface area (Å²) in [5.74, 6) is 1.42. The number of carbonyl (C=O) groups is 1. The SMILES string of the molecule is CCC1(C=O)Cc2cccc(OC)c2O1. The van der Waals surface area contributed by atoms with E-state index in [2.05, 4.69) is 0 Å². The molecule has 0 aromatic heterocycles. The summed E-state index contributed by atoms with van der Waals surface area (Å²) in [6.07, 6.45) is 2.21. The summed E-state index contributed by atoms with van der Waals surface area (Å²) in [5, 5.41) is 0.